The van der Waals surface area contributed by atoms with Gasteiger partial charge in [-0.1, -0.05) is 13.8 Å². The van der Waals surface area contributed by atoms with Crippen LogP contribution in [0.2, 0.25) is 0 Å². The van der Waals surface area contributed by atoms with Crippen LogP contribution in [0, 0.1) is 16.7 Å². The summed E-state index contributed by atoms with van der Waals surface area (Å²) in [7, 11) is -3.38. The molecule has 3 aliphatic rings. The van der Waals surface area contributed by atoms with E-state index in [1.165, 1.54) is 11.2 Å². The predicted molar refractivity (Wildman–Crippen MR) is 63.6 cm³/mol. The lowest BCUT2D eigenvalue weighted by molar-refractivity contribution is -0.126. The number of carbonyl (C=O) groups is 1. The molecule has 1 aliphatic heterocycles. The van der Waals surface area contributed by atoms with Gasteiger partial charge in [-0.2, -0.15) is 0 Å². The highest BCUT2D eigenvalue weighted by Gasteiger charge is 2.71. The van der Waals surface area contributed by atoms with E-state index in [-0.39, 0.29) is 28.5 Å². The van der Waals surface area contributed by atoms with Crippen molar-refractivity contribution >= 4 is 15.9 Å². The van der Waals surface area contributed by atoms with Crippen molar-refractivity contribution in [1.82, 2.24) is 4.31 Å². The van der Waals surface area contributed by atoms with Crippen molar-refractivity contribution in [3.8, 4) is 0 Å². The molecule has 1 spiro atoms. The van der Waals surface area contributed by atoms with Gasteiger partial charge in [0, 0.05) is 12.3 Å². The van der Waals surface area contributed by atoms with Gasteiger partial charge in [-0.25, -0.2) is 12.7 Å². The van der Waals surface area contributed by atoms with Gasteiger partial charge in [0.2, 0.25) is 15.9 Å². The van der Waals surface area contributed by atoms with Crippen LogP contribution in [0.25, 0.3) is 0 Å². The van der Waals surface area contributed by atoms with E-state index >= 15 is 0 Å². The zero-order chi connectivity index (χ0) is 12.6. The maximum absolute atomic E-state index is 12.2. The van der Waals surface area contributed by atoms with Gasteiger partial charge in [0.1, 0.15) is 0 Å². The average molecular weight is 257 g/mol. The van der Waals surface area contributed by atoms with Crippen molar-refractivity contribution in [2.75, 3.05) is 5.75 Å². The maximum atomic E-state index is 12.2. The Morgan fingerprint density at radius 3 is 2.53 bits per heavy atom. The first-order valence-electron chi connectivity index (χ1n) is 6.25. The third-order valence-corrected chi connectivity index (χ3v) is 7.71. The highest BCUT2D eigenvalue weighted by molar-refractivity contribution is 7.90. The lowest BCUT2D eigenvalue weighted by Gasteiger charge is -2.36. The molecule has 2 bridgehead atoms. The van der Waals surface area contributed by atoms with E-state index in [9.17, 15) is 13.2 Å². The zero-order valence-electron chi connectivity index (χ0n) is 10.6. The molecule has 0 aromatic carbocycles. The van der Waals surface area contributed by atoms with Gasteiger partial charge in [0.15, 0.2) is 0 Å². The molecular formula is C12H19NO3S. The van der Waals surface area contributed by atoms with Crippen LogP contribution in [-0.2, 0) is 14.8 Å². The Balaban J connectivity index is 2.15. The van der Waals surface area contributed by atoms with Crippen LogP contribution in [0.5, 0.6) is 0 Å². The first kappa shape index (κ1) is 11.5. The molecule has 5 heteroatoms. The Bertz CT molecular complexity index is 496. The third kappa shape index (κ3) is 1.09. The van der Waals surface area contributed by atoms with Gasteiger partial charge in [-0.3, -0.25) is 4.79 Å². The van der Waals surface area contributed by atoms with Crippen LogP contribution in [0.15, 0.2) is 0 Å². The normalized spacial score (nSPS) is 45.0. The predicted octanol–water partition coefficient (Wildman–Crippen LogP) is 1.37. The smallest absolute Gasteiger partial charge is 0.238 e. The fourth-order valence-corrected chi connectivity index (χ4v) is 7.27. The summed E-state index contributed by atoms with van der Waals surface area (Å²) < 4.78 is 25.6. The molecule has 1 amide bonds. The fourth-order valence-electron chi connectivity index (χ4n) is 4.70. The summed E-state index contributed by atoms with van der Waals surface area (Å²) in [6, 6.07) is -0.0706. The van der Waals surface area contributed by atoms with E-state index in [4.69, 9.17) is 0 Å². The molecule has 1 heterocycles. The summed E-state index contributed by atoms with van der Waals surface area (Å²) in [4.78, 5) is 11.6. The van der Waals surface area contributed by atoms with E-state index in [1.54, 1.807) is 0 Å². The van der Waals surface area contributed by atoms with Crippen LogP contribution in [0.1, 0.15) is 40.0 Å². The number of hydrogen-bond donors (Lipinski definition) is 0. The molecule has 0 radical (unpaired) electrons. The van der Waals surface area contributed by atoms with Crippen molar-refractivity contribution in [2.24, 2.45) is 16.7 Å². The van der Waals surface area contributed by atoms with E-state index in [2.05, 4.69) is 13.8 Å². The second kappa shape index (κ2) is 2.87. The van der Waals surface area contributed by atoms with Crippen molar-refractivity contribution in [3.63, 3.8) is 0 Å². The molecule has 2 aliphatic carbocycles. The van der Waals surface area contributed by atoms with Gasteiger partial charge in [0.25, 0.3) is 0 Å². The molecule has 96 valence electrons. The van der Waals surface area contributed by atoms with Crippen LogP contribution in [-0.4, -0.2) is 30.4 Å². The second-order valence-electron chi connectivity index (χ2n) is 6.44. The van der Waals surface area contributed by atoms with Crippen molar-refractivity contribution < 1.29 is 13.2 Å². The number of sulfonamides is 1. The minimum Gasteiger partial charge on any atom is -0.274 e. The molecular weight excluding hydrogens is 238 g/mol. The molecule has 2 saturated carbocycles. The van der Waals surface area contributed by atoms with Gasteiger partial charge >= 0.3 is 0 Å². The molecule has 1 saturated heterocycles. The first-order chi connectivity index (χ1) is 7.72. The average Bonchev–Trinajstić information content (AvgIpc) is 2.62. The number of rotatable bonds is 0. The van der Waals surface area contributed by atoms with Gasteiger partial charge in [-0.05, 0) is 30.6 Å². The van der Waals surface area contributed by atoms with Gasteiger partial charge in [-0.15, -0.1) is 0 Å². The van der Waals surface area contributed by atoms with E-state index < -0.39 is 10.0 Å². The largest absolute Gasteiger partial charge is 0.274 e. The van der Waals surface area contributed by atoms with Gasteiger partial charge in [0.05, 0.1) is 11.8 Å². The number of nitrogens with zero attached hydrogens (tertiary/aromatic N) is 1. The molecule has 17 heavy (non-hydrogen) atoms. The molecule has 0 aromatic heterocycles. The van der Waals surface area contributed by atoms with Crippen LogP contribution in [0.3, 0.4) is 0 Å². The summed E-state index contributed by atoms with van der Waals surface area (Å²) in [5.41, 5.74) is -0.128. The Morgan fingerprint density at radius 2 is 2.00 bits per heavy atom. The lowest BCUT2D eigenvalue weighted by Crippen LogP contribution is -2.43. The summed E-state index contributed by atoms with van der Waals surface area (Å²) in [5.74, 6) is 0.438. The fraction of sp³-hybridized carbons (Fsp3) is 0.917. The molecule has 0 N–H and O–H groups in total. The Morgan fingerprint density at radius 1 is 1.35 bits per heavy atom. The minimum absolute atomic E-state index is 0.0505. The highest BCUT2D eigenvalue weighted by atomic mass is 32.2. The van der Waals surface area contributed by atoms with Crippen LogP contribution >= 0.6 is 0 Å². The molecule has 3 fully saturated rings. The second-order valence-corrected chi connectivity index (χ2v) is 8.28. The molecule has 4 nitrogen and oxygen atoms in total. The highest BCUT2D eigenvalue weighted by Crippen LogP contribution is 2.69. The Hall–Kier alpha value is -0.580. The number of amides is 1. The van der Waals surface area contributed by atoms with Gasteiger partial charge < -0.3 is 0 Å². The zero-order valence-corrected chi connectivity index (χ0v) is 11.4. The number of carbonyl (C=O) groups excluding carboxylic acids is 1. The lowest BCUT2D eigenvalue weighted by atomic mass is 9.69. The van der Waals surface area contributed by atoms with Crippen LogP contribution in [0.4, 0.5) is 0 Å². The topological polar surface area (TPSA) is 54.5 Å². The van der Waals surface area contributed by atoms with E-state index in [0.29, 0.717) is 5.92 Å². The first-order valence-corrected chi connectivity index (χ1v) is 7.86. The number of fused-ring (bicyclic) bond motifs is 1. The monoisotopic (exact) mass is 257 g/mol. The summed E-state index contributed by atoms with van der Waals surface area (Å²) in [6.45, 7) is 5.74. The summed E-state index contributed by atoms with van der Waals surface area (Å²) in [5, 5.41) is 0. The van der Waals surface area contributed by atoms with Crippen LogP contribution < -0.4 is 0 Å². The quantitative estimate of drug-likeness (QED) is 0.658. The third-order valence-electron chi connectivity index (χ3n) is 5.72. The summed E-state index contributed by atoms with van der Waals surface area (Å²) in [6.07, 6.45) is 2.94. The van der Waals surface area contributed by atoms with E-state index in [1.807, 2.05) is 0 Å². The van der Waals surface area contributed by atoms with Crippen molar-refractivity contribution in [2.45, 2.75) is 46.1 Å². The Kier molecular flexibility index (Phi) is 1.94. The molecule has 1 unspecified atom stereocenters. The molecule has 0 aromatic rings. The number of hydrogen-bond acceptors (Lipinski definition) is 3. The molecule has 3 atom stereocenters. The minimum atomic E-state index is -3.38. The SMILES string of the molecule is CC(=O)N1[C@H]2C[C@@H]3CCC2(CS1(=O)=O)C3(C)C. The summed E-state index contributed by atoms with van der Waals surface area (Å²) >= 11 is 0. The Labute approximate surface area is 102 Å². The van der Waals surface area contributed by atoms with Crippen molar-refractivity contribution in [3.05, 3.63) is 0 Å². The standard InChI is InChI=1S/C12H19NO3S/c1-8(14)13-10-6-9-4-5-12(10,11(9,2)3)7-17(13,15)16/h9-10H,4-7H2,1-3H3/t9-,10-,12?/m0/s1. The van der Waals surface area contributed by atoms with E-state index in [0.717, 1.165) is 19.3 Å². The molecule has 3 rings (SSSR count). The maximum Gasteiger partial charge on any atom is 0.238 e. The van der Waals surface area contributed by atoms with Crippen molar-refractivity contribution in [1.29, 1.82) is 0 Å².